The van der Waals surface area contributed by atoms with Crippen LogP contribution in [0.3, 0.4) is 0 Å². The molecule has 12 heavy (non-hydrogen) atoms. The molecule has 0 saturated carbocycles. The van der Waals surface area contributed by atoms with Gasteiger partial charge in [-0.25, -0.2) is 4.39 Å². The van der Waals surface area contributed by atoms with E-state index in [1.807, 2.05) is 22.6 Å². The van der Waals surface area contributed by atoms with E-state index in [0.29, 0.717) is 5.56 Å². The average molecular weight is 278 g/mol. The molecule has 0 spiro atoms. The molecular weight excluding hydrogens is 270 g/mol. The van der Waals surface area contributed by atoms with Gasteiger partial charge in [0.25, 0.3) is 0 Å². The molecule has 1 aromatic carbocycles. The monoisotopic (exact) mass is 278 g/mol. The van der Waals surface area contributed by atoms with Gasteiger partial charge in [0.05, 0.1) is 0 Å². The van der Waals surface area contributed by atoms with Crippen LogP contribution in [-0.2, 0) is 0 Å². The lowest BCUT2D eigenvalue weighted by molar-refractivity contribution is 0.101. The molecule has 0 aliphatic carbocycles. The van der Waals surface area contributed by atoms with E-state index in [9.17, 15) is 9.18 Å². The summed E-state index contributed by atoms with van der Waals surface area (Å²) in [7, 11) is 0. The second kappa shape index (κ2) is 3.51. The Balaban J connectivity index is 3.37. The molecule has 0 atom stereocenters. The van der Waals surface area contributed by atoms with Gasteiger partial charge in [-0.3, -0.25) is 4.79 Å². The quantitative estimate of drug-likeness (QED) is 0.570. The number of benzene rings is 1. The van der Waals surface area contributed by atoms with E-state index in [4.69, 9.17) is 0 Å². The number of halogens is 2. The summed E-state index contributed by atoms with van der Waals surface area (Å²) in [6.07, 6.45) is 0. The van der Waals surface area contributed by atoms with E-state index in [1.165, 1.54) is 19.1 Å². The van der Waals surface area contributed by atoms with Crippen molar-refractivity contribution >= 4 is 28.4 Å². The Labute approximate surface area is 84.1 Å². The van der Waals surface area contributed by atoms with Gasteiger partial charge in [-0.05, 0) is 54.1 Å². The Hall–Kier alpha value is -0.450. The lowest BCUT2D eigenvalue weighted by Crippen LogP contribution is -1.99. The van der Waals surface area contributed by atoms with E-state index in [2.05, 4.69) is 0 Å². The van der Waals surface area contributed by atoms with E-state index in [0.717, 1.165) is 9.13 Å². The molecule has 64 valence electrons. The Morgan fingerprint density at radius 2 is 2.08 bits per heavy atom. The van der Waals surface area contributed by atoms with E-state index in [-0.39, 0.29) is 11.6 Å². The third-order valence-electron chi connectivity index (χ3n) is 1.60. The molecule has 0 saturated heterocycles. The van der Waals surface area contributed by atoms with Crippen LogP contribution in [0.4, 0.5) is 4.39 Å². The topological polar surface area (TPSA) is 17.1 Å². The zero-order valence-corrected chi connectivity index (χ0v) is 8.98. The predicted octanol–water partition coefficient (Wildman–Crippen LogP) is 2.94. The first-order chi connectivity index (χ1) is 5.52. The van der Waals surface area contributed by atoms with Crippen LogP contribution in [0.15, 0.2) is 12.1 Å². The number of aryl methyl sites for hydroxylation is 1. The molecule has 0 bridgehead atoms. The lowest BCUT2D eigenvalue weighted by atomic mass is 10.1. The number of ketones is 1. The van der Waals surface area contributed by atoms with Crippen LogP contribution >= 0.6 is 22.6 Å². The summed E-state index contributed by atoms with van der Waals surface area (Å²) in [5.74, 6) is -0.444. The van der Waals surface area contributed by atoms with Crippen LogP contribution in [-0.4, -0.2) is 5.78 Å². The number of hydrogen-bond donors (Lipinski definition) is 0. The van der Waals surface area contributed by atoms with Crippen LogP contribution in [0, 0.1) is 16.3 Å². The highest BCUT2D eigenvalue weighted by atomic mass is 127. The second-order valence-electron chi connectivity index (χ2n) is 2.64. The number of rotatable bonds is 1. The fourth-order valence-electron chi connectivity index (χ4n) is 0.982. The third-order valence-corrected chi connectivity index (χ3v) is 3.03. The van der Waals surface area contributed by atoms with Gasteiger partial charge < -0.3 is 0 Å². The summed E-state index contributed by atoms with van der Waals surface area (Å²) in [5.41, 5.74) is 1.27. The third kappa shape index (κ3) is 1.83. The molecule has 1 nitrogen and oxygen atoms in total. The van der Waals surface area contributed by atoms with Gasteiger partial charge in [0.15, 0.2) is 5.78 Å². The van der Waals surface area contributed by atoms with Gasteiger partial charge >= 0.3 is 0 Å². The summed E-state index contributed by atoms with van der Waals surface area (Å²) in [6, 6.07) is 2.70. The minimum Gasteiger partial charge on any atom is -0.294 e. The van der Waals surface area contributed by atoms with Gasteiger partial charge in [0.2, 0.25) is 0 Å². The highest BCUT2D eigenvalue weighted by Crippen LogP contribution is 2.18. The molecule has 1 aromatic rings. The van der Waals surface area contributed by atoms with Crippen molar-refractivity contribution in [3.8, 4) is 0 Å². The van der Waals surface area contributed by atoms with Crippen molar-refractivity contribution in [2.75, 3.05) is 0 Å². The normalized spacial score (nSPS) is 10.0. The van der Waals surface area contributed by atoms with Crippen LogP contribution < -0.4 is 0 Å². The zero-order valence-electron chi connectivity index (χ0n) is 6.82. The molecule has 0 amide bonds. The zero-order chi connectivity index (χ0) is 9.30. The molecular formula is C9H8FIO. The van der Waals surface area contributed by atoms with Crippen LogP contribution in [0.2, 0.25) is 0 Å². The molecule has 0 radical (unpaired) electrons. The first-order valence-corrected chi connectivity index (χ1v) is 4.57. The molecule has 0 aliphatic rings. The van der Waals surface area contributed by atoms with Gasteiger partial charge in [-0.1, -0.05) is 0 Å². The van der Waals surface area contributed by atoms with E-state index in [1.54, 1.807) is 6.92 Å². The number of carbonyl (C=O) groups is 1. The second-order valence-corrected chi connectivity index (χ2v) is 3.72. The Morgan fingerprint density at radius 1 is 1.50 bits per heavy atom. The van der Waals surface area contributed by atoms with E-state index < -0.39 is 0 Å². The van der Waals surface area contributed by atoms with Crippen LogP contribution in [0.25, 0.3) is 0 Å². The first-order valence-electron chi connectivity index (χ1n) is 3.49. The summed E-state index contributed by atoms with van der Waals surface area (Å²) >= 11 is 2.05. The minimum atomic E-state index is -0.349. The summed E-state index contributed by atoms with van der Waals surface area (Å²) < 4.78 is 13.6. The molecule has 0 unspecified atom stereocenters. The van der Waals surface area contributed by atoms with E-state index >= 15 is 0 Å². The van der Waals surface area contributed by atoms with Crippen LogP contribution in [0.5, 0.6) is 0 Å². The maximum absolute atomic E-state index is 12.8. The molecule has 0 N–H and O–H groups in total. The molecule has 3 heteroatoms. The fourth-order valence-corrected chi connectivity index (χ4v) is 1.67. The van der Waals surface area contributed by atoms with Gasteiger partial charge in [-0.15, -0.1) is 0 Å². The predicted molar refractivity (Wildman–Crippen MR) is 53.9 cm³/mol. The van der Waals surface area contributed by atoms with Crippen molar-refractivity contribution in [1.82, 2.24) is 0 Å². The van der Waals surface area contributed by atoms with Gasteiger partial charge in [0.1, 0.15) is 5.82 Å². The first kappa shape index (κ1) is 9.64. The van der Waals surface area contributed by atoms with Crippen molar-refractivity contribution < 1.29 is 9.18 Å². The van der Waals surface area contributed by atoms with Crippen LogP contribution in [0.1, 0.15) is 22.8 Å². The molecule has 0 aliphatic heterocycles. The van der Waals surface area contributed by atoms with Crippen molar-refractivity contribution in [2.45, 2.75) is 13.8 Å². The Kier molecular flexibility index (Phi) is 2.82. The number of Topliss-reactive ketones (excluding diaryl/α,β-unsaturated/α-hetero) is 1. The summed E-state index contributed by atoms with van der Waals surface area (Å²) in [5, 5.41) is 0. The van der Waals surface area contributed by atoms with Crippen molar-refractivity contribution in [1.29, 1.82) is 0 Å². The molecule has 0 aromatic heterocycles. The molecule has 0 fully saturated rings. The van der Waals surface area contributed by atoms with Gasteiger partial charge in [-0.2, -0.15) is 0 Å². The Bertz CT molecular complexity index is 334. The highest BCUT2D eigenvalue weighted by molar-refractivity contribution is 14.1. The standard InChI is InChI=1S/C9H8FIO/c1-5-3-7(10)4-8(6(2)12)9(5)11/h3-4H,1-2H3. The van der Waals surface area contributed by atoms with Crippen molar-refractivity contribution in [2.24, 2.45) is 0 Å². The SMILES string of the molecule is CC(=O)c1cc(F)cc(C)c1I. The maximum atomic E-state index is 12.8. The fraction of sp³-hybridized carbons (Fsp3) is 0.222. The summed E-state index contributed by atoms with van der Waals surface area (Å²) in [6.45, 7) is 3.23. The van der Waals surface area contributed by atoms with Gasteiger partial charge in [0, 0.05) is 9.13 Å². The Morgan fingerprint density at radius 3 is 2.58 bits per heavy atom. The lowest BCUT2D eigenvalue weighted by Gasteiger charge is -2.03. The minimum absolute atomic E-state index is 0.0954. The number of carbonyl (C=O) groups excluding carboxylic acids is 1. The summed E-state index contributed by atoms with van der Waals surface area (Å²) in [4.78, 5) is 11.0. The van der Waals surface area contributed by atoms with Crippen molar-refractivity contribution in [3.05, 3.63) is 32.6 Å². The average Bonchev–Trinajstić information content (AvgIpc) is 1.96. The highest BCUT2D eigenvalue weighted by Gasteiger charge is 2.08. The maximum Gasteiger partial charge on any atom is 0.160 e. The smallest absolute Gasteiger partial charge is 0.160 e. The van der Waals surface area contributed by atoms with Crippen molar-refractivity contribution in [3.63, 3.8) is 0 Å². The largest absolute Gasteiger partial charge is 0.294 e. The molecule has 0 heterocycles. The molecule has 1 rings (SSSR count). The number of hydrogen-bond acceptors (Lipinski definition) is 1.